The molecule has 1 heterocycles. The first-order chi connectivity index (χ1) is 27.8. The third-order valence-electron chi connectivity index (χ3n) is 15.1. The van der Waals surface area contributed by atoms with E-state index in [1.54, 1.807) is 6.92 Å². The maximum absolute atomic E-state index is 13.5. The summed E-state index contributed by atoms with van der Waals surface area (Å²) < 4.78 is 6.96. The van der Waals surface area contributed by atoms with E-state index in [1.165, 1.54) is 38.5 Å². The van der Waals surface area contributed by atoms with Gasteiger partial charge in [0.05, 0.1) is 55.1 Å². The highest BCUT2D eigenvalue weighted by molar-refractivity contribution is 5.64. The van der Waals surface area contributed by atoms with Gasteiger partial charge in [-0.25, -0.2) is 0 Å². The first kappa shape index (κ1) is 47.1. The van der Waals surface area contributed by atoms with E-state index in [0.717, 1.165) is 81.4 Å². The third-order valence-corrected chi connectivity index (χ3v) is 15.1. The molecule has 6 fully saturated rings. The van der Waals surface area contributed by atoms with Crippen LogP contribution in [0.3, 0.4) is 0 Å². The topological polar surface area (TPSA) is 192 Å². The van der Waals surface area contributed by atoms with E-state index in [1.807, 2.05) is 14.0 Å². The highest BCUT2D eigenvalue weighted by atomic mass is 16.5. The zero-order valence-corrected chi connectivity index (χ0v) is 36.3. The van der Waals surface area contributed by atoms with Crippen LogP contribution in [0.4, 0.5) is 0 Å². The molecule has 330 valence electrons. The maximum atomic E-state index is 13.5. The molecule has 0 unspecified atom stereocenters. The summed E-state index contributed by atoms with van der Waals surface area (Å²) in [5, 5.41) is 24.7. The van der Waals surface area contributed by atoms with Gasteiger partial charge in [-0.3, -0.25) is 10.2 Å². The van der Waals surface area contributed by atoms with Crippen LogP contribution < -0.4 is 27.0 Å². The molecule has 6 aliphatic rings. The molecule has 1 aliphatic heterocycles. The van der Waals surface area contributed by atoms with Gasteiger partial charge < -0.3 is 55.5 Å². The van der Waals surface area contributed by atoms with Gasteiger partial charge in [0.1, 0.15) is 31.4 Å². The van der Waals surface area contributed by atoms with Gasteiger partial charge in [0, 0.05) is 36.6 Å². The Hall–Kier alpha value is -1.97. The summed E-state index contributed by atoms with van der Waals surface area (Å²) >= 11 is 0. The molecule has 4 bridgehead atoms. The van der Waals surface area contributed by atoms with Crippen LogP contribution in [0.1, 0.15) is 118 Å². The van der Waals surface area contributed by atoms with Crippen LogP contribution in [0.15, 0.2) is 0 Å². The second-order valence-corrected chi connectivity index (χ2v) is 20.1. The fourth-order valence-electron chi connectivity index (χ4n) is 12.6. The fourth-order valence-corrected chi connectivity index (χ4v) is 12.6. The van der Waals surface area contributed by atoms with Crippen molar-refractivity contribution >= 4 is 31.4 Å². The van der Waals surface area contributed by atoms with Gasteiger partial charge in [-0.15, -0.1) is 0 Å². The number of nitrogens with one attached hydrogen (secondary N) is 4. The van der Waals surface area contributed by atoms with E-state index in [4.69, 9.17) is 10.5 Å². The molecule has 13 atom stereocenters. The van der Waals surface area contributed by atoms with Gasteiger partial charge >= 0.3 is 0 Å². The second-order valence-electron chi connectivity index (χ2n) is 20.1. The van der Waals surface area contributed by atoms with Gasteiger partial charge in [-0.1, -0.05) is 40.0 Å². The molecule has 0 amide bonds. The molecule has 58 heavy (non-hydrogen) atoms. The summed E-state index contributed by atoms with van der Waals surface area (Å²) in [6.07, 6.45) is 16.8. The SMILES string of the molecule is CC(C)C[C@H]1[C@@H](C=O)N[C@@H](C2CCCCC2)[C@@H](C=O)N[C@@H](CN)[C@@H](C=O)N[C@H]([C@H](C)O)[C@@H](C=O)N[C@H](C)CO[C@H](CC23CC4CC(CC(C4)C2)C3)[C@H](C)[C@@H](C=O)N1C. The first-order valence-corrected chi connectivity index (χ1v) is 22.8. The van der Waals surface area contributed by atoms with E-state index >= 15 is 0 Å². The molecule has 0 spiro atoms. The van der Waals surface area contributed by atoms with Crippen molar-refractivity contribution in [2.45, 2.75) is 191 Å². The molecular formula is C45H78N6O7. The summed E-state index contributed by atoms with van der Waals surface area (Å²) in [5.41, 5.74) is 6.48. The summed E-state index contributed by atoms with van der Waals surface area (Å²) in [6.45, 7) is 10.1. The summed E-state index contributed by atoms with van der Waals surface area (Å²) in [7, 11) is 1.95. The monoisotopic (exact) mass is 815 g/mol. The van der Waals surface area contributed by atoms with Crippen LogP contribution in [0, 0.1) is 40.9 Å². The minimum atomic E-state index is -1.04. The van der Waals surface area contributed by atoms with Gasteiger partial charge in [0.2, 0.25) is 0 Å². The lowest BCUT2D eigenvalue weighted by Gasteiger charge is -2.58. The molecule has 5 aliphatic carbocycles. The molecule has 0 aromatic heterocycles. The maximum Gasteiger partial charge on any atom is 0.138 e. The molecule has 7 N–H and O–H groups in total. The van der Waals surface area contributed by atoms with Crippen molar-refractivity contribution in [1.29, 1.82) is 0 Å². The summed E-state index contributed by atoms with van der Waals surface area (Å²) in [4.78, 5) is 67.7. The predicted molar refractivity (Wildman–Crippen MR) is 225 cm³/mol. The number of aliphatic hydroxyl groups excluding tert-OH is 1. The van der Waals surface area contributed by atoms with Crippen molar-refractivity contribution in [3.05, 3.63) is 0 Å². The smallest absolute Gasteiger partial charge is 0.138 e. The van der Waals surface area contributed by atoms with E-state index in [-0.39, 0.29) is 54.5 Å². The Morgan fingerprint density at radius 2 is 1.36 bits per heavy atom. The van der Waals surface area contributed by atoms with Crippen molar-refractivity contribution in [2.24, 2.45) is 46.7 Å². The van der Waals surface area contributed by atoms with Gasteiger partial charge in [-0.2, -0.15) is 0 Å². The number of hydrogen-bond donors (Lipinski definition) is 6. The molecule has 5 saturated carbocycles. The number of ether oxygens (including phenoxy) is 1. The van der Waals surface area contributed by atoms with Crippen LogP contribution in [-0.4, -0.2) is 134 Å². The Bertz CT molecular complexity index is 1290. The Morgan fingerprint density at radius 3 is 1.86 bits per heavy atom. The molecule has 13 heteroatoms. The van der Waals surface area contributed by atoms with E-state index < -0.39 is 54.4 Å². The number of carbonyl (C=O) groups is 5. The lowest BCUT2D eigenvalue weighted by atomic mass is 9.48. The molecule has 6 rings (SSSR count). The number of rotatable bonds is 12. The molecule has 0 aromatic rings. The minimum Gasteiger partial charge on any atom is -0.392 e. The van der Waals surface area contributed by atoms with Crippen molar-refractivity contribution in [2.75, 3.05) is 20.2 Å². The Morgan fingerprint density at radius 1 is 0.776 bits per heavy atom. The number of nitrogens with two attached hydrogens (primary N) is 1. The lowest BCUT2D eigenvalue weighted by Crippen LogP contribution is -2.67. The van der Waals surface area contributed by atoms with E-state index in [9.17, 15) is 29.1 Å². The van der Waals surface area contributed by atoms with Crippen molar-refractivity contribution < 1.29 is 33.8 Å². The highest BCUT2D eigenvalue weighted by Gasteiger charge is 2.52. The van der Waals surface area contributed by atoms with Crippen LogP contribution in [0.5, 0.6) is 0 Å². The average Bonchev–Trinajstić information content (AvgIpc) is 3.19. The van der Waals surface area contributed by atoms with Crippen LogP contribution in [0.25, 0.3) is 0 Å². The normalized spacial score (nSPS) is 43.4. The molecule has 13 nitrogen and oxygen atoms in total. The quantitative estimate of drug-likeness (QED) is 0.158. The first-order valence-electron chi connectivity index (χ1n) is 22.8. The Labute approximate surface area is 348 Å². The lowest BCUT2D eigenvalue weighted by molar-refractivity contribution is -0.127. The molecule has 0 aromatic carbocycles. The number of aldehydes is 5. The third kappa shape index (κ3) is 11.5. The summed E-state index contributed by atoms with van der Waals surface area (Å²) in [5.74, 6) is 2.29. The largest absolute Gasteiger partial charge is 0.392 e. The molecule has 0 radical (unpaired) electrons. The Kier molecular flexibility index (Phi) is 17.6. The van der Waals surface area contributed by atoms with E-state index in [0.29, 0.717) is 12.7 Å². The average molecular weight is 815 g/mol. The van der Waals surface area contributed by atoms with Crippen molar-refractivity contribution in [3.63, 3.8) is 0 Å². The van der Waals surface area contributed by atoms with Gasteiger partial charge in [0.25, 0.3) is 0 Å². The van der Waals surface area contributed by atoms with Crippen molar-refractivity contribution in [3.8, 4) is 0 Å². The highest BCUT2D eigenvalue weighted by Crippen LogP contribution is 2.62. The number of hydrogen-bond acceptors (Lipinski definition) is 13. The van der Waals surface area contributed by atoms with Gasteiger partial charge in [0.15, 0.2) is 0 Å². The second kappa shape index (κ2) is 21.7. The van der Waals surface area contributed by atoms with Gasteiger partial charge in [-0.05, 0) is 120 Å². The number of likely N-dealkylation sites (N-methyl/N-ethyl adjacent to an activating group) is 1. The number of aliphatic hydroxyl groups is 1. The standard InChI is InChI=1S/C45H78N6O7/c1-27(2)12-40-37(22-53)50-44(34-10-8-7-9-11-34)39(24-55)48-35(20-46)36(21-52)49-43(30(5)57)38(23-54)47-28(3)26-58-42(29(4)41(25-56)51(40)6)19-45-16-31-13-32(17-45)15-33(14-31)18-45/h21-25,27-44,47-50,57H,7-20,26,46H2,1-6H3/t28-,29-,30+,31?,32?,33?,35+,36-,37-,38-,39-,40+,41-,42-,43-,44+,45?/m1/s1. The van der Waals surface area contributed by atoms with Crippen LogP contribution in [-0.2, 0) is 28.7 Å². The zero-order valence-electron chi connectivity index (χ0n) is 36.3. The predicted octanol–water partition coefficient (Wildman–Crippen LogP) is 2.58. The number of carbonyl (C=O) groups excluding carboxylic acids is 5. The Balaban J connectivity index is 1.57. The van der Waals surface area contributed by atoms with Crippen molar-refractivity contribution in [1.82, 2.24) is 26.2 Å². The molecular weight excluding hydrogens is 737 g/mol. The number of nitrogens with zero attached hydrogens (tertiary/aromatic N) is 1. The summed E-state index contributed by atoms with van der Waals surface area (Å²) in [6, 6.07) is -6.74. The zero-order chi connectivity index (χ0) is 42.1. The minimum absolute atomic E-state index is 0.0199. The van der Waals surface area contributed by atoms with E-state index in [2.05, 4.69) is 46.9 Å². The van der Waals surface area contributed by atoms with Crippen LogP contribution in [0.2, 0.25) is 0 Å². The van der Waals surface area contributed by atoms with Crippen LogP contribution >= 0.6 is 0 Å². The molecule has 1 saturated heterocycles. The fraction of sp³-hybridized carbons (Fsp3) is 0.889.